The Balaban J connectivity index is 1.69. The van der Waals surface area contributed by atoms with Crippen LogP contribution in [0.5, 0.6) is 0 Å². The van der Waals surface area contributed by atoms with Gasteiger partial charge in [-0.1, -0.05) is 19.8 Å². The molecule has 21 heavy (non-hydrogen) atoms. The largest absolute Gasteiger partial charge is 0.358 e. The van der Waals surface area contributed by atoms with Gasteiger partial charge in [0, 0.05) is 17.1 Å². The molecule has 2 rings (SSSR count). The number of thiazole rings is 1. The van der Waals surface area contributed by atoms with Gasteiger partial charge < -0.3 is 5.32 Å². The second-order valence-electron chi connectivity index (χ2n) is 5.57. The smallest absolute Gasteiger partial charge is 0.245 e. The maximum Gasteiger partial charge on any atom is 0.245 e. The topological polar surface area (TPSA) is 66.1 Å². The monoisotopic (exact) mass is 326 g/mol. The molecule has 0 radical (unpaired) electrons. The summed E-state index contributed by atoms with van der Waals surface area (Å²) in [5, 5.41) is 6.52. The summed E-state index contributed by atoms with van der Waals surface area (Å²) in [7, 11) is 0. The molecule has 1 aliphatic carbocycles. The average molecular weight is 326 g/mol. The van der Waals surface area contributed by atoms with Crippen molar-refractivity contribution in [2.75, 3.05) is 0 Å². The van der Waals surface area contributed by atoms with Gasteiger partial charge in [-0.3, -0.25) is 15.6 Å². The minimum absolute atomic E-state index is 0.134. The number of hydrogen-bond donors (Lipinski definition) is 3. The van der Waals surface area contributed by atoms with E-state index in [1.807, 2.05) is 12.3 Å². The standard InChI is InChI=1S/C14H22N4OS2/c1-9-5-3-4-6-11(9)16-14(20)18-17-12(19)7-13-15-10(2)8-21-13/h8-9,11H,3-7H2,1-2H3,(H,17,19)(H2,16,18,20)/t9-,11-/m1/s1. The van der Waals surface area contributed by atoms with Crippen LogP contribution < -0.4 is 16.2 Å². The first-order chi connectivity index (χ1) is 10.0. The van der Waals surface area contributed by atoms with Crippen molar-refractivity contribution in [2.45, 2.75) is 52.0 Å². The third-order valence-electron chi connectivity index (χ3n) is 3.72. The van der Waals surface area contributed by atoms with Crippen LogP contribution in [0.3, 0.4) is 0 Å². The van der Waals surface area contributed by atoms with E-state index >= 15 is 0 Å². The molecule has 1 aromatic rings. The molecule has 1 fully saturated rings. The molecule has 3 N–H and O–H groups in total. The van der Waals surface area contributed by atoms with Gasteiger partial charge in [0.05, 0.1) is 6.42 Å². The zero-order valence-electron chi connectivity index (χ0n) is 12.4. The van der Waals surface area contributed by atoms with Crippen LogP contribution in [-0.4, -0.2) is 22.0 Å². The summed E-state index contributed by atoms with van der Waals surface area (Å²) in [5.41, 5.74) is 6.34. The SMILES string of the molecule is Cc1csc(CC(=O)NNC(=S)N[C@@H]2CCCC[C@H]2C)n1. The van der Waals surface area contributed by atoms with Crippen molar-refractivity contribution >= 4 is 34.6 Å². The number of aromatic nitrogens is 1. The van der Waals surface area contributed by atoms with Gasteiger partial charge >= 0.3 is 0 Å². The molecular weight excluding hydrogens is 304 g/mol. The highest BCUT2D eigenvalue weighted by atomic mass is 32.1. The number of thiocarbonyl (C=S) groups is 1. The highest BCUT2D eigenvalue weighted by molar-refractivity contribution is 7.80. The van der Waals surface area contributed by atoms with Gasteiger partial charge in [0.1, 0.15) is 5.01 Å². The molecule has 0 unspecified atom stereocenters. The molecular formula is C14H22N4OS2. The molecule has 1 heterocycles. The third-order valence-corrected chi connectivity index (χ3v) is 4.91. The van der Waals surface area contributed by atoms with Gasteiger partial charge in [-0.15, -0.1) is 11.3 Å². The minimum Gasteiger partial charge on any atom is -0.358 e. The fourth-order valence-corrected chi connectivity index (χ4v) is 3.50. The van der Waals surface area contributed by atoms with Crippen LogP contribution in [-0.2, 0) is 11.2 Å². The summed E-state index contributed by atoms with van der Waals surface area (Å²) in [6, 6.07) is 0.400. The molecule has 1 amide bonds. The maximum absolute atomic E-state index is 11.8. The summed E-state index contributed by atoms with van der Waals surface area (Å²) in [6.07, 6.45) is 5.17. The van der Waals surface area contributed by atoms with E-state index in [-0.39, 0.29) is 12.3 Å². The lowest BCUT2D eigenvalue weighted by molar-refractivity contribution is -0.121. The minimum atomic E-state index is -0.134. The van der Waals surface area contributed by atoms with Crippen LogP contribution in [0.25, 0.3) is 0 Å². The molecule has 0 bridgehead atoms. The van der Waals surface area contributed by atoms with Gasteiger partial charge in [-0.05, 0) is 37.9 Å². The number of nitrogens with zero attached hydrogens (tertiary/aromatic N) is 1. The second kappa shape index (κ2) is 7.70. The molecule has 0 aliphatic heterocycles. The zero-order valence-corrected chi connectivity index (χ0v) is 14.1. The quantitative estimate of drug-likeness (QED) is 0.586. The molecule has 7 heteroatoms. The van der Waals surface area contributed by atoms with E-state index < -0.39 is 0 Å². The number of hydrazine groups is 1. The van der Waals surface area contributed by atoms with Gasteiger partial charge in [-0.25, -0.2) is 4.98 Å². The number of carbonyl (C=O) groups is 1. The Labute approximate surface area is 134 Å². The molecule has 1 aromatic heterocycles. The first kappa shape index (κ1) is 16.2. The Hall–Kier alpha value is -1.21. The summed E-state index contributed by atoms with van der Waals surface area (Å²) < 4.78 is 0. The fraction of sp³-hybridized carbons (Fsp3) is 0.643. The van der Waals surface area contributed by atoms with Crippen molar-refractivity contribution < 1.29 is 4.79 Å². The predicted molar refractivity (Wildman–Crippen MR) is 89.0 cm³/mol. The number of aryl methyl sites for hydroxylation is 1. The third kappa shape index (κ3) is 5.24. The van der Waals surface area contributed by atoms with Crippen molar-refractivity contribution in [1.29, 1.82) is 0 Å². The van der Waals surface area contributed by atoms with Crippen LogP contribution in [0, 0.1) is 12.8 Å². The molecule has 0 spiro atoms. The molecule has 1 aliphatic rings. The van der Waals surface area contributed by atoms with E-state index in [1.165, 1.54) is 30.6 Å². The number of carbonyl (C=O) groups excluding carboxylic acids is 1. The zero-order chi connectivity index (χ0) is 15.2. The molecule has 116 valence electrons. The summed E-state index contributed by atoms with van der Waals surface area (Å²) in [5.74, 6) is 0.484. The highest BCUT2D eigenvalue weighted by Crippen LogP contribution is 2.23. The maximum atomic E-state index is 11.8. The van der Waals surface area contributed by atoms with Crippen molar-refractivity contribution in [3.8, 4) is 0 Å². The van der Waals surface area contributed by atoms with Crippen molar-refractivity contribution in [3.63, 3.8) is 0 Å². The lowest BCUT2D eigenvalue weighted by Gasteiger charge is -2.30. The van der Waals surface area contributed by atoms with E-state index in [0.717, 1.165) is 17.1 Å². The van der Waals surface area contributed by atoms with E-state index in [0.29, 0.717) is 17.1 Å². The Morgan fingerprint density at radius 1 is 1.43 bits per heavy atom. The number of amides is 1. The predicted octanol–water partition coefficient (Wildman–Crippen LogP) is 2.07. The lowest BCUT2D eigenvalue weighted by atomic mass is 9.86. The normalized spacial score (nSPS) is 21.6. The Bertz CT molecular complexity index is 503. The number of hydrogen-bond acceptors (Lipinski definition) is 4. The van der Waals surface area contributed by atoms with Gasteiger partial charge in [0.25, 0.3) is 0 Å². The van der Waals surface area contributed by atoms with Crippen LogP contribution in [0.4, 0.5) is 0 Å². The Kier molecular flexibility index (Phi) is 5.93. The summed E-state index contributed by atoms with van der Waals surface area (Å²) >= 11 is 6.72. The van der Waals surface area contributed by atoms with Crippen LogP contribution in [0.2, 0.25) is 0 Å². The number of nitrogens with one attached hydrogen (secondary N) is 3. The van der Waals surface area contributed by atoms with Gasteiger partial charge in [0.15, 0.2) is 5.11 Å². The molecule has 2 atom stereocenters. The van der Waals surface area contributed by atoms with Crippen molar-refractivity contribution in [2.24, 2.45) is 5.92 Å². The van der Waals surface area contributed by atoms with Crippen LogP contribution in [0.15, 0.2) is 5.38 Å². The number of rotatable bonds is 3. The van der Waals surface area contributed by atoms with E-state index in [9.17, 15) is 4.79 Å². The van der Waals surface area contributed by atoms with E-state index in [4.69, 9.17) is 12.2 Å². The highest BCUT2D eigenvalue weighted by Gasteiger charge is 2.21. The second-order valence-corrected chi connectivity index (χ2v) is 6.93. The van der Waals surface area contributed by atoms with E-state index in [1.54, 1.807) is 0 Å². The molecule has 5 nitrogen and oxygen atoms in total. The Morgan fingerprint density at radius 2 is 2.19 bits per heavy atom. The van der Waals surface area contributed by atoms with Crippen molar-refractivity contribution in [3.05, 3.63) is 16.1 Å². The van der Waals surface area contributed by atoms with Crippen LogP contribution >= 0.6 is 23.6 Å². The fourth-order valence-electron chi connectivity index (χ4n) is 2.53. The summed E-state index contributed by atoms with van der Waals surface area (Å²) in [4.78, 5) is 16.1. The molecule has 0 saturated heterocycles. The molecule has 1 saturated carbocycles. The Morgan fingerprint density at radius 3 is 2.86 bits per heavy atom. The molecule has 0 aromatic carbocycles. The van der Waals surface area contributed by atoms with Crippen LogP contribution in [0.1, 0.15) is 43.3 Å². The van der Waals surface area contributed by atoms with E-state index in [2.05, 4.69) is 28.1 Å². The van der Waals surface area contributed by atoms with Crippen molar-refractivity contribution in [1.82, 2.24) is 21.2 Å². The van der Waals surface area contributed by atoms with Gasteiger partial charge in [-0.2, -0.15) is 0 Å². The first-order valence-electron chi connectivity index (χ1n) is 7.31. The first-order valence-corrected chi connectivity index (χ1v) is 8.59. The summed E-state index contributed by atoms with van der Waals surface area (Å²) in [6.45, 7) is 4.16. The lowest BCUT2D eigenvalue weighted by Crippen LogP contribution is -2.51. The average Bonchev–Trinajstić information content (AvgIpc) is 2.84. The van der Waals surface area contributed by atoms with Gasteiger partial charge in [0.2, 0.25) is 5.91 Å².